The van der Waals surface area contributed by atoms with Gasteiger partial charge in [0.2, 0.25) is 0 Å². The maximum Gasteiger partial charge on any atom is 0.151 e. The van der Waals surface area contributed by atoms with Gasteiger partial charge in [0.15, 0.2) is 9.84 Å². The van der Waals surface area contributed by atoms with Gasteiger partial charge in [0, 0.05) is 31.2 Å². The minimum Gasteiger partial charge on any atom is -0.311 e. The number of benzene rings is 1. The summed E-state index contributed by atoms with van der Waals surface area (Å²) in [6.45, 7) is 3.98. The average molecular weight is 308 g/mol. The standard InChI is InChI=1S/C16H24N2O2S/c1-13-11-18(15-8-5-9-21(19,20)12-15)16(10-17-13)14-6-3-2-4-7-14/h2-4,6-7,13,15-17H,5,8-12H2,1H3. The third-order valence-electron chi connectivity index (χ3n) is 4.64. The zero-order chi connectivity index (χ0) is 14.9. The van der Waals surface area contributed by atoms with E-state index < -0.39 is 9.84 Å². The van der Waals surface area contributed by atoms with E-state index in [2.05, 4.69) is 41.4 Å². The second kappa shape index (κ2) is 6.07. The van der Waals surface area contributed by atoms with Crippen molar-refractivity contribution in [3.63, 3.8) is 0 Å². The predicted octanol–water partition coefficient (Wildman–Crippen LogP) is 1.60. The first-order valence-corrected chi connectivity index (χ1v) is 9.62. The van der Waals surface area contributed by atoms with E-state index in [9.17, 15) is 8.42 Å². The fourth-order valence-corrected chi connectivity index (χ4v) is 5.30. The minimum absolute atomic E-state index is 0.165. The lowest BCUT2D eigenvalue weighted by Gasteiger charge is -2.45. The summed E-state index contributed by atoms with van der Waals surface area (Å²) in [4.78, 5) is 2.42. The monoisotopic (exact) mass is 308 g/mol. The summed E-state index contributed by atoms with van der Waals surface area (Å²) in [6.07, 6.45) is 1.79. The summed E-state index contributed by atoms with van der Waals surface area (Å²) < 4.78 is 24.0. The molecule has 0 saturated carbocycles. The molecule has 2 aliphatic rings. The van der Waals surface area contributed by atoms with Crippen molar-refractivity contribution in [3.8, 4) is 0 Å². The van der Waals surface area contributed by atoms with Crippen LogP contribution < -0.4 is 5.32 Å². The van der Waals surface area contributed by atoms with Crippen LogP contribution in [0.2, 0.25) is 0 Å². The Morgan fingerprint density at radius 1 is 1.24 bits per heavy atom. The van der Waals surface area contributed by atoms with E-state index >= 15 is 0 Å². The predicted molar refractivity (Wildman–Crippen MR) is 85.0 cm³/mol. The van der Waals surface area contributed by atoms with Gasteiger partial charge in [-0.2, -0.15) is 0 Å². The highest BCUT2D eigenvalue weighted by atomic mass is 32.2. The zero-order valence-corrected chi connectivity index (χ0v) is 13.3. The highest BCUT2D eigenvalue weighted by Crippen LogP contribution is 2.29. The largest absolute Gasteiger partial charge is 0.311 e. The first-order chi connectivity index (χ1) is 10.1. The van der Waals surface area contributed by atoms with E-state index in [1.807, 2.05) is 6.07 Å². The molecule has 116 valence electrons. The molecular formula is C16H24N2O2S. The second-order valence-electron chi connectivity index (χ2n) is 6.34. The van der Waals surface area contributed by atoms with Crippen LogP contribution in [0.1, 0.15) is 31.4 Å². The van der Waals surface area contributed by atoms with Crippen molar-refractivity contribution in [1.29, 1.82) is 0 Å². The van der Waals surface area contributed by atoms with Crippen molar-refractivity contribution in [2.75, 3.05) is 24.6 Å². The third-order valence-corrected chi connectivity index (χ3v) is 6.44. The van der Waals surface area contributed by atoms with Gasteiger partial charge >= 0.3 is 0 Å². The molecule has 1 aromatic carbocycles. The first-order valence-electron chi connectivity index (χ1n) is 7.80. The summed E-state index contributed by atoms with van der Waals surface area (Å²) in [7, 11) is -2.87. The Morgan fingerprint density at radius 3 is 2.71 bits per heavy atom. The maximum absolute atomic E-state index is 12.0. The quantitative estimate of drug-likeness (QED) is 0.901. The average Bonchev–Trinajstić information content (AvgIpc) is 2.47. The Bertz CT molecular complexity index is 573. The van der Waals surface area contributed by atoms with Gasteiger partial charge in [-0.25, -0.2) is 8.42 Å². The summed E-state index contributed by atoms with van der Waals surface area (Å²) in [6, 6.07) is 11.3. The van der Waals surface area contributed by atoms with Gasteiger partial charge in [0.05, 0.1) is 11.5 Å². The fraction of sp³-hybridized carbons (Fsp3) is 0.625. The van der Waals surface area contributed by atoms with Gasteiger partial charge in [-0.1, -0.05) is 30.3 Å². The van der Waals surface area contributed by atoms with E-state index in [4.69, 9.17) is 0 Å². The molecule has 2 heterocycles. The van der Waals surface area contributed by atoms with Crippen LogP contribution in [0.4, 0.5) is 0 Å². The molecule has 0 bridgehead atoms. The molecule has 4 nitrogen and oxygen atoms in total. The molecule has 0 radical (unpaired) electrons. The zero-order valence-electron chi connectivity index (χ0n) is 12.5. The van der Waals surface area contributed by atoms with Crippen LogP contribution >= 0.6 is 0 Å². The Hall–Kier alpha value is -0.910. The van der Waals surface area contributed by atoms with Crippen molar-refractivity contribution in [1.82, 2.24) is 10.2 Å². The van der Waals surface area contributed by atoms with Crippen LogP contribution in [-0.2, 0) is 9.84 Å². The molecule has 0 amide bonds. The summed E-state index contributed by atoms with van der Waals surface area (Å²) in [5, 5.41) is 3.53. The normalized spacial score (nSPS) is 33.7. The molecule has 0 spiro atoms. The summed E-state index contributed by atoms with van der Waals surface area (Å²) >= 11 is 0. The molecule has 1 N–H and O–H groups in total. The number of nitrogens with one attached hydrogen (secondary N) is 1. The van der Waals surface area contributed by atoms with Crippen molar-refractivity contribution in [3.05, 3.63) is 35.9 Å². The lowest BCUT2D eigenvalue weighted by molar-refractivity contribution is 0.0878. The number of hydrogen-bond acceptors (Lipinski definition) is 4. The lowest BCUT2D eigenvalue weighted by Crippen LogP contribution is -2.56. The minimum atomic E-state index is -2.87. The second-order valence-corrected chi connectivity index (χ2v) is 8.57. The lowest BCUT2D eigenvalue weighted by atomic mass is 9.98. The molecule has 3 rings (SSSR count). The molecule has 3 atom stereocenters. The van der Waals surface area contributed by atoms with Gasteiger partial charge in [0.1, 0.15) is 0 Å². The van der Waals surface area contributed by atoms with Crippen LogP contribution in [0.5, 0.6) is 0 Å². The summed E-state index contributed by atoms with van der Waals surface area (Å²) in [5.41, 5.74) is 1.28. The Labute approximate surface area is 127 Å². The van der Waals surface area contributed by atoms with E-state index in [1.165, 1.54) is 5.56 Å². The first kappa shape index (κ1) is 15.0. The number of nitrogens with zero attached hydrogens (tertiary/aromatic N) is 1. The Balaban J connectivity index is 1.85. The fourth-order valence-electron chi connectivity index (χ4n) is 3.59. The molecule has 21 heavy (non-hydrogen) atoms. The molecule has 0 aromatic heterocycles. The Kier molecular flexibility index (Phi) is 4.33. The van der Waals surface area contributed by atoms with E-state index in [1.54, 1.807) is 0 Å². The van der Waals surface area contributed by atoms with Gasteiger partial charge in [-0.15, -0.1) is 0 Å². The van der Waals surface area contributed by atoms with Crippen molar-refractivity contribution in [2.45, 2.75) is 37.9 Å². The third kappa shape index (κ3) is 3.47. The maximum atomic E-state index is 12.0. The smallest absolute Gasteiger partial charge is 0.151 e. The Morgan fingerprint density at radius 2 is 2.00 bits per heavy atom. The molecule has 5 heteroatoms. The van der Waals surface area contributed by atoms with E-state index in [0.717, 1.165) is 25.9 Å². The molecule has 2 aliphatic heterocycles. The number of sulfone groups is 1. The molecular weight excluding hydrogens is 284 g/mol. The van der Waals surface area contributed by atoms with Gasteiger partial charge in [0.25, 0.3) is 0 Å². The van der Waals surface area contributed by atoms with Gasteiger partial charge in [-0.3, -0.25) is 4.90 Å². The van der Waals surface area contributed by atoms with Crippen molar-refractivity contribution >= 4 is 9.84 Å². The van der Waals surface area contributed by atoms with Crippen molar-refractivity contribution < 1.29 is 8.42 Å². The highest BCUT2D eigenvalue weighted by molar-refractivity contribution is 7.91. The van der Waals surface area contributed by atoms with Crippen LogP contribution in [0.3, 0.4) is 0 Å². The topological polar surface area (TPSA) is 49.4 Å². The van der Waals surface area contributed by atoms with Crippen molar-refractivity contribution in [2.24, 2.45) is 0 Å². The van der Waals surface area contributed by atoms with Crippen LogP contribution in [0.15, 0.2) is 30.3 Å². The van der Waals surface area contributed by atoms with Gasteiger partial charge < -0.3 is 5.32 Å². The van der Waals surface area contributed by atoms with E-state index in [0.29, 0.717) is 17.5 Å². The molecule has 3 unspecified atom stereocenters. The molecule has 2 saturated heterocycles. The number of piperazine rings is 1. The van der Waals surface area contributed by atoms with E-state index in [-0.39, 0.29) is 12.1 Å². The number of hydrogen-bond donors (Lipinski definition) is 1. The van der Waals surface area contributed by atoms with Crippen LogP contribution in [0, 0.1) is 0 Å². The molecule has 2 fully saturated rings. The van der Waals surface area contributed by atoms with Crippen LogP contribution in [-0.4, -0.2) is 50.0 Å². The summed E-state index contributed by atoms with van der Waals surface area (Å²) in [5.74, 6) is 0.685. The number of rotatable bonds is 2. The molecule has 0 aliphatic carbocycles. The van der Waals surface area contributed by atoms with Crippen LogP contribution in [0.25, 0.3) is 0 Å². The van der Waals surface area contributed by atoms with Gasteiger partial charge in [-0.05, 0) is 25.3 Å². The highest BCUT2D eigenvalue weighted by Gasteiger charge is 2.36. The SMILES string of the molecule is CC1CN(C2CCCS(=O)(=O)C2)C(c2ccccc2)CN1. The molecule has 1 aromatic rings.